The van der Waals surface area contributed by atoms with Gasteiger partial charge in [-0.1, -0.05) is 18.2 Å². The largest absolute Gasteiger partial charge is 0.453 e. The van der Waals surface area contributed by atoms with E-state index in [-0.39, 0.29) is 12.1 Å². The van der Waals surface area contributed by atoms with Crippen molar-refractivity contribution in [2.24, 2.45) is 0 Å². The van der Waals surface area contributed by atoms with Crippen LogP contribution in [0.1, 0.15) is 18.9 Å². The van der Waals surface area contributed by atoms with Crippen molar-refractivity contribution in [1.82, 2.24) is 24.6 Å². The van der Waals surface area contributed by atoms with Gasteiger partial charge >= 0.3 is 12.2 Å². The van der Waals surface area contributed by atoms with E-state index in [0.717, 1.165) is 48.3 Å². The number of rotatable bonds is 5. The highest BCUT2D eigenvalue weighted by molar-refractivity contribution is 5.89. The second-order valence-electron chi connectivity index (χ2n) is 9.89. The van der Waals surface area contributed by atoms with Crippen molar-refractivity contribution in [3.8, 4) is 17.1 Å². The van der Waals surface area contributed by atoms with E-state index in [1.165, 1.54) is 7.11 Å². The summed E-state index contributed by atoms with van der Waals surface area (Å²) in [6, 6.07) is 16.3. The molecular weight excluding hydrogens is 526 g/mol. The van der Waals surface area contributed by atoms with Gasteiger partial charge in [0.15, 0.2) is 11.5 Å². The highest BCUT2D eigenvalue weighted by Crippen LogP contribution is 2.32. The Kier molecular flexibility index (Phi) is 7.63. The Morgan fingerprint density at radius 3 is 2.39 bits per heavy atom. The summed E-state index contributed by atoms with van der Waals surface area (Å²) < 4.78 is 17.8. The molecular formula is C29H31N7O5. The lowest BCUT2D eigenvalue weighted by molar-refractivity contribution is 0.106. The lowest BCUT2D eigenvalue weighted by atomic mass is 10.1. The van der Waals surface area contributed by atoms with Gasteiger partial charge in [-0.05, 0) is 49.2 Å². The maximum atomic E-state index is 12.3. The number of carbonyl (C=O) groups excluding carboxylic acids is 2. The number of piperidine rings is 1. The molecule has 0 bridgehead atoms. The van der Waals surface area contributed by atoms with Crippen LogP contribution in [0.2, 0.25) is 0 Å². The molecule has 212 valence electrons. The van der Waals surface area contributed by atoms with Gasteiger partial charge in [-0.15, -0.1) is 0 Å². The third kappa shape index (κ3) is 5.78. The number of hydrogen-bond donors (Lipinski definition) is 1. The van der Waals surface area contributed by atoms with Gasteiger partial charge in [0.05, 0.1) is 37.9 Å². The minimum absolute atomic E-state index is 0.0934. The zero-order chi connectivity index (χ0) is 28.2. The number of amides is 2. The second kappa shape index (κ2) is 11.8. The Morgan fingerprint density at radius 2 is 1.68 bits per heavy atom. The van der Waals surface area contributed by atoms with Crippen LogP contribution in [0, 0.1) is 0 Å². The van der Waals surface area contributed by atoms with E-state index >= 15 is 0 Å². The second-order valence-corrected chi connectivity index (χ2v) is 9.89. The molecule has 0 spiro atoms. The van der Waals surface area contributed by atoms with Crippen LogP contribution >= 0.6 is 0 Å². The highest BCUT2D eigenvalue weighted by atomic mass is 16.6. The minimum Gasteiger partial charge on any atom is -0.453 e. The smallest absolute Gasteiger partial charge is 0.417 e. The van der Waals surface area contributed by atoms with Gasteiger partial charge in [0.2, 0.25) is 0 Å². The molecule has 2 saturated heterocycles. The van der Waals surface area contributed by atoms with E-state index in [0.29, 0.717) is 43.6 Å². The van der Waals surface area contributed by atoms with Crippen molar-refractivity contribution in [2.45, 2.75) is 18.9 Å². The molecule has 2 aliphatic heterocycles. The maximum Gasteiger partial charge on any atom is 0.417 e. The van der Waals surface area contributed by atoms with Crippen molar-refractivity contribution in [3.05, 3.63) is 60.8 Å². The van der Waals surface area contributed by atoms with Gasteiger partial charge in [0.1, 0.15) is 11.6 Å². The molecule has 2 amide bonds. The van der Waals surface area contributed by atoms with Gasteiger partial charge in [0.25, 0.3) is 0 Å². The quantitative estimate of drug-likeness (QED) is 0.381. The lowest BCUT2D eigenvalue weighted by Gasteiger charge is -2.31. The number of benzene rings is 2. The number of anilines is 2. The van der Waals surface area contributed by atoms with Gasteiger partial charge in [-0.3, -0.25) is 5.32 Å². The molecule has 12 heteroatoms. The molecule has 0 saturated carbocycles. The molecule has 2 fully saturated rings. The van der Waals surface area contributed by atoms with Crippen LogP contribution in [0.25, 0.3) is 22.4 Å². The van der Waals surface area contributed by atoms with Crippen LogP contribution in [-0.4, -0.2) is 83.3 Å². The third-order valence-electron chi connectivity index (χ3n) is 7.33. The average Bonchev–Trinajstić information content (AvgIpc) is 3.45. The summed E-state index contributed by atoms with van der Waals surface area (Å²) in [5.74, 6) is 1.85. The van der Waals surface area contributed by atoms with Crippen LogP contribution < -0.4 is 15.0 Å². The standard InChI is InChI=1S/C29H31N7O5/c1-39-29(38)35-13-11-22(12-14-35)36-27-24(19-30-36)26(34-15-17-40-18-16-34)32-25(33-27)20-7-9-21(10-8-20)31-28(37)41-23-5-3-2-4-6-23/h2-10,19,22H,11-18H2,1H3,(H,31,37). The fraction of sp³-hybridized carbons (Fsp3) is 0.345. The van der Waals surface area contributed by atoms with Gasteiger partial charge in [-0.2, -0.15) is 5.10 Å². The third-order valence-corrected chi connectivity index (χ3v) is 7.33. The Morgan fingerprint density at radius 1 is 0.951 bits per heavy atom. The van der Waals surface area contributed by atoms with E-state index in [1.807, 2.05) is 29.1 Å². The number of morpholine rings is 1. The Balaban J connectivity index is 1.27. The summed E-state index contributed by atoms with van der Waals surface area (Å²) in [6.45, 7) is 3.88. The van der Waals surface area contributed by atoms with Crippen molar-refractivity contribution in [3.63, 3.8) is 0 Å². The summed E-state index contributed by atoms with van der Waals surface area (Å²) in [6.07, 6.45) is 2.45. The topological polar surface area (TPSA) is 124 Å². The SMILES string of the molecule is COC(=O)N1CCC(n2ncc3c(N4CCOCC4)nc(-c4ccc(NC(=O)Oc5ccccc5)cc4)nc32)CC1. The summed E-state index contributed by atoms with van der Waals surface area (Å²) in [7, 11) is 1.40. The van der Waals surface area contributed by atoms with Crippen LogP contribution in [-0.2, 0) is 9.47 Å². The number of para-hydroxylation sites is 1. The fourth-order valence-electron chi connectivity index (χ4n) is 5.19. The molecule has 6 rings (SSSR count). The molecule has 0 unspecified atom stereocenters. The average molecular weight is 558 g/mol. The van der Waals surface area contributed by atoms with Crippen molar-refractivity contribution in [2.75, 3.05) is 56.7 Å². The summed E-state index contributed by atoms with van der Waals surface area (Å²) >= 11 is 0. The number of methoxy groups -OCH3 is 1. The van der Waals surface area contributed by atoms with Crippen LogP contribution in [0.5, 0.6) is 5.75 Å². The first kappa shape index (κ1) is 26.5. The van der Waals surface area contributed by atoms with Crippen molar-refractivity contribution < 1.29 is 23.8 Å². The number of fused-ring (bicyclic) bond motifs is 1. The van der Waals surface area contributed by atoms with Gasteiger partial charge in [-0.25, -0.2) is 24.2 Å². The van der Waals surface area contributed by atoms with Gasteiger partial charge < -0.3 is 24.0 Å². The zero-order valence-electron chi connectivity index (χ0n) is 22.7. The van der Waals surface area contributed by atoms with E-state index in [2.05, 4.69) is 10.2 Å². The molecule has 4 aromatic rings. The van der Waals surface area contributed by atoms with E-state index in [4.69, 9.17) is 29.3 Å². The van der Waals surface area contributed by atoms with Crippen LogP contribution in [0.4, 0.5) is 21.1 Å². The molecule has 1 N–H and O–H groups in total. The number of hydrogen-bond acceptors (Lipinski definition) is 9. The lowest BCUT2D eigenvalue weighted by Crippen LogP contribution is -2.39. The van der Waals surface area contributed by atoms with E-state index < -0.39 is 6.09 Å². The molecule has 2 aliphatic rings. The summed E-state index contributed by atoms with van der Waals surface area (Å²) in [4.78, 5) is 38.2. The number of aromatic nitrogens is 4. The Hall–Kier alpha value is -4.71. The molecule has 2 aromatic carbocycles. The molecule has 0 radical (unpaired) electrons. The van der Waals surface area contributed by atoms with E-state index in [1.54, 1.807) is 41.3 Å². The fourth-order valence-corrected chi connectivity index (χ4v) is 5.19. The first-order valence-electron chi connectivity index (χ1n) is 13.6. The summed E-state index contributed by atoms with van der Waals surface area (Å²) in [5, 5.41) is 8.37. The summed E-state index contributed by atoms with van der Waals surface area (Å²) in [5.41, 5.74) is 2.14. The van der Waals surface area contributed by atoms with Crippen molar-refractivity contribution >= 4 is 34.7 Å². The molecule has 12 nitrogen and oxygen atoms in total. The number of ether oxygens (including phenoxy) is 3. The molecule has 4 heterocycles. The first-order valence-corrected chi connectivity index (χ1v) is 13.6. The van der Waals surface area contributed by atoms with Crippen LogP contribution in [0.15, 0.2) is 60.8 Å². The van der Waals surface area contributed by atoms with E-state index in [9.17, 15) is 9.59 Å². The van der Waals surface area contributed by atoms with Gasteiger partial charge in [0, 0.05) is 37.4 Å². The zero-order valence-corrected chi connectivity index (χ0v) is 22.7. The molecule has 2 aromatic heterocycles. The number of likely N-dealkylation sites (tertiary alicyclic amines) is 1. The Bertz CT molecular complexity index is 1510. The molecule has 0 atom stereocenters. The first-order chi connectivity index (χ1) is 20.1. The molecule has 41 heavy (non-hydrogen) atoms. The maximum absolute atomic E-state index is 12.3. The normalized spacial score (nSPS) is 16.0. The van der Waals surface area contributed by atoms with Crippen molar-refractivity contribution in [1.29, 1.82) is 0 Å². The minimum atomic E-state index is -0.571. The Labute approximate surface area is 236 Å². The highest BCUT2D eigenvalue weighted by Gasteiger charge is 2.28. The predicted molar refractivity (Wildman–Crippen MR) is 152 cm³/mol. The molecule has 0 aliphatic carbocycles. The predicted octanol–water partition coefficient (Wildman–Crippen LogP) is 4.34. The monoisotopic (exact) mass is 557 g/mol. The number of nitrogens with zero attached hydrogens (tertiary/aromatic N) is 6. The number of carbonyl (C=O) groups is 2. The van der Waals surface area contributed by atoms with Crippen LogP contribution in [0.3, 0.4) is 0 Å². The number of nitrogens with one attached hydrogen (secondary N) is 1.